The number of benzene rings is 2. The van der Waals surface area contributed by atoms with Crippen LogP contribution in [0.5, 0.6) is 11.5 Å². The van der Waals surface area contributed by atoms with Crippen LogP contribution in [0.1, 0.15) is 23.6 Å². The lowest BCUT2D eigenvalue weighted by Gasteiger charge is -2.18. The summed E-state index contributed by atoms with van der Waals surface area (Å²) in [4.78, 5) is 0. The van der Waals surface area contributed by atoms with Crippen molar-refractivity contribution in [3.8, 4) is 11.5 Å². The second-order valence-corrected chi connectivity index (χ2v) is 5.55. The van der Waals surface area contributed by atoms with Gasteiger partial charge in [-0.2, -0.15) is 0 Å². The van der Waals surface area contributed by atoms with E-state index in [2.05, 4.69) is 17.4 Å². The Morgan fingerprint density at radius 3 is 2.52 bits per heavy atom. The van der Waals surface area contributed by atoms with E-state index in [1.54, 1.807) is 14.2 Å². The van der Waals surface area contributed by atoms with Crippen LogP contribution in [0.25, 0.3) is 0 Å². The zero-order chi connectivity index (χ0) is 14.8. The van der Waals surface area contributed by atoms with Crippen molar-refractivity contribution in [3.05, 3.63) is 52.5 Å². The van der Waals surface area contributed by atoms with Crippen molar-refractivity contribution in [2.75, 3.05) is 19.5 Å². The van der Waals surface area contributed by atoms with Gasteiger partial charge >= 0.3 is 0 Å². The van der Waals surface area contributed by atoms with Crippen molar-refractivity contribution in [1.82, 2.24) is 0 Å². The SMILES string of the molecule is COc1ccc(Cl)c(NC2CCc3ccc(OC)cc32)c1. The lowest BCUT2D eigenvalue weighted by Crippen LogP contribution is -2.07. The third-order valence-electron chi connectivity index (χ3n) is 3.93. The van der Waals surface area contributed by atoms with Gasteiger partial charge in [-0.05, 0) is 48.2 Å². The number of halogens is 1. The highest BCUT2D eigenvalue weighted by molar-refractivity contribution is 6.33. The van der Waals surface area contributed by atoms with E-state index in [1.165, 1.54) is 11.1 Å². The molecular weight excluding hydrogens is 286 g/mol. The zero-order valence-electron chi connectivity index (χ0n) is 12.2. The van der Waals surface area contributed by atoms with Crippen LogP contribution < -0.4 is 14.8 Å². The first kappa shape index (κ1) is 14.1. The second kappa shape index (κ2) is 5.86. The summed E-state index contributed by atoms with van der Waals surface area (Å²) < 4.78 is 10.6. The average molecular weight is 304 g/mol. The van der Waals surface area contributed by atoms with Gasteiger partial charge in [-0.15, -0.1) is 0 Å². The van der Waals surface area contributed by atoms with E-state index in [1.807, 2.05) is 24.3 Å². The molecule has 1 atom stereocenters. The number of rotatable bonds is 4. The lowest BCUT2D eigenvalue weighted by molar-refractivity contribution is 0.414. The Morgan fingerprint density at radius 2 is 1.76 bits per heavy atom. The van der Waals surface area contributed by atoms with Crippen molar-refractivity contribution in [1.29, 1.82) is 0 Å². The normalized spacial score (nSPS) is 16.4. The Hall–Kier alpha value is -1.87. The predicted octanol–water partition coefficient (Wildman–Crippen LogP) is 4.46. The maximum Gasteiger partial charge on any atom is 0.121 e. The van der Waals surface area contributed by atoms with Gasteiger partial charge in [0.2, 0.25) is 0 Å². The molecule has 0 fully saturated rings. The minimum absolute atomic E-state index is 0.250. The summed E-state index contributed by atoms with van der Waals surface area (Å²) in [7, 11) is 3.35. The largest absolute Gasteiger partial charge is 0.497 e. The van der Waals surface area contributed by atoms with Gasteiger partial charge in [-0.3, -0.25) is 0 Å². The Morgan fingerprint density at radius 1 is 1.05 bits per heavy atom. The first-order chi connectivity index (χ1) is 10.2. The first-order valence-electron chi connectivity index (χ1n) is 6.98. The van der Waals surface area contributed by atoms with E-state index in [0.717, 1.165) is 30.0 Å². The third-order valence-corrected chi connectivity index (χ3v) is 4.26. The van der Waals surface area contributed by atoms with Crippen molar-refractivity contribution in [2.24, 2.45) is 0 Å². The van der Waals surface area contributed by atoms with Gasteiger partial charge in [0.25, 0.3) is 0 Å². The van der Waals surface area contributed by atoms with E-state index in [0.29, 0.717) is 5.02 Å². The third kappa shape index (κ3) is 2.79. The van der Waals surface area contributed by atoms with Crippen LogP contribution in [0.15, 0.2) is 36.4 Å². The number of fused-ring (bicyclic) bond motifs is 1. The Kier molecular flexibility index (Phi) is 3.93. The van der Waals surface area contributed by atoms with Crippen molar-refractivity contribution < 1.29 is 9.47 Å². The quantitative estimate of drug-likeness (QED) is 0.905. The van der Waals surface area contributed by atoms with Gasteiger partial charge in [-0.1, -0.05) is 17.7 Å². The number of hydrogen-bond acceptors (Lipinski definition) is 3. The fraction of sp³-hybridized carbons (Fsp3) is 0.294. The highest BCUT2D eigenvalue weighted by Gasteiger charge is 2.23. The molecule has 1 aliphatic carbocycles. The van der Waals surface area contributed by atoms with E-state index < -0.39 is 0 Å². The summed E-state index contributed by atoms with van der Waals surface area (Å²) in [6, 6.07) is 12.2. The molecule has 1 aliphatic rings. The molecule has 3 nitrogen and oxygen atoms in total. The van der Waals surface area contributed by atoms with E-state index in [-0.39, 0.29) is 6.04 Å². The molecule has 0 aliphatic heterocycles. The highest BCUT2D eigenvalue weighted by atomic mass is 35.5. The number of hydrogen-bond donors (Lipinski definition) is 1. The van der Waals surface area contributed by atoms with Gasteiger partial charge < -0.3 is 14.8 Å². The predicted molar refractivity (Wildman–Crippen MR) is 85.7 cm³/mol. The van der Waals surface area contributed by atoms with Crippen molar-refractivity contribution in [2.45, 2.75) is 18.9 Å². The van der Waals surface area contributed by atoms with Gasteiger partial charge in [0.05, 0.1) is 31.0 Å². The standard InChI is InChI=1S/C17H18ClNO2/c1-20-12-5-3-11-4-8-16(14(11)9-12)19-17-10-13(21-2)6-7-15(17)18/h3,5-7,9-10,16,19H,4,8H2,1-2H3. The van der Waals surface area contributed by atoms with Crippen LogP contribution in [-0.2, 0) is 6.42 Å². The van der Waals surface area contributed by atoms with Crippen molar-refractivity contribution in [3.63, 3.8) is 0 Å². The number of aryl methyl sites for hydroxylation is 1. The van der Waals surface area contributed by atoms with E-state index >= 15 is 0 Å². The highest BCUT2D eigenvalue weighted by Crippen LogP contribution is 2.38. The first-order valence-corrected chi connectivity index (χ1v) is 7.36. The second-order valence-electron chi connectivity index (χ2n) is 5.15. The molecule has 0 saturated heterocycles. The van der Waals surface area contributed by atoms with Crippen LogP contribution in [0, 0.1) is 0 Å². The summed E-state index contributed by atoms with van der Waals surface area (Å²) in [5, 5.41) is 4.22. The summed E-state index contributed by atoms with van der Waals surface area (Å²) >= 11 is 6.27. The summed E-state index contributed by atoms with van der Waals surface area (Å²) in [6.07, 6.45) is 2.12. The molecule has 0 amide bonds. The molecule has 0 radical (unpaired) electrons. The molecule has 110 valence electrons. The Balaban J connectivity index is 1.88. The van der Waals surface area contributed by atoms with Gasteiger partial charge in [0, 0.05) is 6.07 Å². The smallest absolute Gasteiger partial charge is 0.121 e. The van der Waals surface area contributed by atoms with Crippen LogP contribution in [0.2, 0.25) is 5.02 Å². The zero-order valence-corrected chi connectivity index (χ0v) is 12.9. The molecular formula is C17H18ClNO2. The molecule has 4 heteroatoms. The summed E-state index contributed by atoms with van der Waals surface area (Å²) in [6.45, 7) is 0. The molecule has 21 heavy (non-hydrogen) atoms. The van der Waals surface area contributed by atoms with Crippen LogP contribution >= 0.6 is 11.6 Å². The molecule has 0 saturated carbocycles. The molecule has 2 aromatic carbocycles. The topological polar surface area (TPSA) is 30.5 Å². The monoisotopic (exact) mass is 303 g/mol. The number of methoxy groups -OCH3 is 2. The fourth-order valence-corrected chi connectivity index (χ4v) is 2.96. The van der Waals surface area contributed by atoms with E-state index in [9.17, 15) is 0 Å². The van der Waals surface area contributed by atoms with Gasteiger partial charge in [0.1, 0.15) is 11.5 Å². The molecule has 0 heterocycles. The molecule has 0 aromatic heterocycles. The molecule has 0 bridgehead atoms. The van der Waals surface area contributed by atoms with Gasteiger partial charge in [0.15, 0.2) is 0 Å². The number of ether oxygens (including phenoxy) is 2. The van der Waals surface area contributed by atoms with E-state index in [4.69, 9.17) is 21.1 Å². The molecule has 2 aromatic rings. The minimum Gasteiger partial charge on any atom is -0.497 e. The Labute approximate surface area is 129 Å². The van der Waals surface area contributed by atoms with Gasteiger partial charge in [-0.25, -0.2) is 0 Å². The fourth-order valence-electron chi connectivity index (χ4n) is 2.79. The minimum atomic E-state index is 0.250. The summed E-state index contributed by atoms with van der Waals surface area (Å²) in [5.41, 5.74) is 3.55. The number of anilines is 1. The average Bonchev–Trinajstić information content (AvgIpc) is 2.91. The summed E-state index contributed by atoms with van der Waals surface area (Å²) in [5.74, 6) is 1.69. The lowest BCUT2D eigenvalue weighted by atomic mass is 10.1. The Bertz CT molecular complexity index is 657. The maximum absolute atomic E-state index is 6.27. The van der Waals surface area contributed by atoms with Crippen LogP contribution in [0.4, 0.5) is 5.69 Å². The number of nitrogens with one attached hydrogen (secondary N) is 1. The molecule has 0 spiro atoms. The molecule has 1 unspecified atom stereocenters. The van der Waals surface area contributed by atoms with Crippen molar-refractivity contribution >= 4 is 17.3 Å². The van der Waals surface area contributed by atoms with Crippen LogP contribution in [0.3, 0.4) is 0 Å². The van der Waals surface area contributed by atoms with Crippen LogP contribution in [-0.4, -0.2) is 14.2 Å². The molecule has 3 rings (SSSR count). The molecule has 1 N–H and O–H groups in total. The maximum atomic E-state index is 6.27.